The van der Waals surface area contributed by atoms with E-state index in [2.05, 4.69) is 43.4 Å². The number of likely N-dealkylation sites (tertiary alicyclic amines) is 1. The van der Waals surface area contributed by atoms with Crippen molar-refractivity contribution in [3.8, 4) is 0 Å². The average molecular weight is 318 g/mol. The molecule has 0 saturated carbocycles. The van der Waals surface area contributed by atoms with E-state index in [1.54, 1.807) is 0 Å². The number of carbonyl (C=O) groups excluding carboxylic acids is 1. The molecule has 23 heavy (non-hydrogen) atoms. The molecule has 0 aliphatic carbocycles. The summed E-state index contributed by atoms with van der Waals surface area (Å²) < 4.78 is 5.48. The zero-order chi connectivity index (χ0) is 17.0. The van der Waals surface area contributed by atoms with Crippen molar-refractivity contribution in [2.75, 3.05) is 13.1 Å². The number of ether oxygens (including phenoxy) is 1. The highest BCUT2D eigenvalue weighted by Crippen LogP contribution is 2.22. The Morgan fingerprint density at radius 2 is 1.96 bits per heavy atom. The van der Waals surface area contributed by atoms with Crippen LogP contribution in [0.3, 0.4) is 0 Å². The third-order valence-corrected chi connectivity index (χ3v) is 4.32. The van der Waals surface area contributed by atoms with E-state index in [9.17, 15) is 4.79 Å². The normalized spacial score (nSPS) is 23.4. The molecule has 1 N–H and O–H groups in total. The van der Waals surface area contributed by atoms with Gasteiger partial charge in [0, 0.05) is 25.2 Å². The molecule has 1 fully saturated rings. The van der Waals surface area contributed by atoms with E-state index in [4.69, 9.17) is 4.74 Å². The van der Waals surface area contributed by atoms with E-state index in [-0.39, 0.29) is 6.09 Å². The molecule has 1 heterocycles. The molecule has 128 valence electrons. The molecule has 1 aliphatic heterocycles. The molecule has 0 aromatic heterocycles. The molecule has 2 rings (SSSR count). The number of nitrogens with zero attached hydrogens (tertiary/aromatic N) is 1. The molecule has 4 heteroatoms. The standard InChI is InChI=1S/C19H30N2O2/c1-14-13-21(18(22)23-19(3,4)5)12-11-17(14)20-15(2)16-9-7-6-8-10-16/h6-10,14-15,17,20H,11-13H2,1-5H3/t14?,15-,17?/m1/s1. The minimum Gasteiger partial charge on any atom is -0.444 e. The number of hydrogen-bond donors (Lipinski definition) is 1. The molecule has 1 aromatic carbocycles. The summed E-state index contributed by atoms with van der Waals surface area (Å²) in [6.07, 6.45) is 0.760. The fourth-order valence-corrected chi connectivity index (χ4v) is 3.04. The second-order valence-corrected chi connectivity index (χ2v) is 7.60. The molecule has 1 saturated heterocycles. The molecule has 0 spiro atoms. The minimum absolute atomic E-state index is 0.195. The topological polar surface area (TPSA) is 41.6 Å². The van der Waals surface area contributed by atoms with Crippen LogP contribution in [0.5, 0.6) is 0 Å². The van der Waals surface area contributed by atoms with Crippen LogP contribution in [0.15, 0.2) is 30.3 Å². The van der Waals surface area contributed by atoms with Gasteiger partial charge in [0.2, 0.25) is 0 Å². The fourth-order valence-electron chi connectivity index (χ4n) is 3.04. The minimum atomic E-state index is -0.433. The summed E-state index contributed by atoms with van der Waals surface area (Å²) >= 11 is 0. The van der Waals surface area contributed by atoms with Crippen molar-refractivity contribution in [3.63, 3.8) is 0 Å². The van der Waals surface area contributed by atoms with Gasteiger partial charge in [-0.3, -0.25) is 0 Å². The van der Waals surface area contributed by atoms with Crippen molar-refractivity contribution in [1.29, 1.82) is 0 Å². The van der Waals surface area contributed by atoms with Crippen molar-refractivity contribution in [2.45, 2.75) is 58.7 Å². The molecule has 2 unspecified atom stereocenters. The lowest BCUT2D eigenvalue weighted by molar-refractivity contribution is 0.0139. The van der Waals surface area contributed by atoms with Gasteiger partial charge in [0.15, 0.2) is 0 Å². The second kappa shape index (κ2) is 7.35. The van der Waals surface area contributed by atoms with E-state index >= 15 is 0 Å². The summed E-state index contributed by atoms with van der Waals surface area (Å²) in [7, 11) is 0. The number of amides is 1. The van der Waals surface area contributed by atoms with Crippen LogP contribution >= 0.6 is 0 Å². The van der Waals surface area contributed by atoms with Crippen molar-refractivity contribution in [3.05, 3.63) is 35.9 Å². The lowest BCUT2D eigenvalue weighted by Gasteiger charge is -2.39. The first-order valence-corrected chi connectivity index (χ1v) is 8.55. The van der Waals surface area contributed by atoms with Crippen molar-refractivity contribution >= 4 is 6.09 Å². The van der Waals surface area contributed by atoms with Gasteiger partial charge >= 0.3 is 6.09 Å². The Morgan fingerprint density at radius 1 is 1.30 bits per heavy atom. The maximum absolute atomic E-state index is 12.2. The third-order valence-electron chi connectivity index (χ3n) is 4.32. The maximum Gasteiger partial charge on any atom is 0.410 e. The Morgan fingerprint density at radius 3 is 2.52 bits per heavy atom. The summed E-state index contributed by atoms with van der Waals surface area (Å²) in [5.74, 6) is 0.405. The van der Waals surface area contributed by atoms with E-state index in [1.807, 2.05) is 31.7 Å². The Balaban J connectivity index is 1.88. The third kappa shape index (κ3) is 5.24. The SMILES string of the molecule is CC1CN(C(=O)OC(C)(C)C)CCC1N[C@H](C)c1ccccc1. The van der Waals surface area contributed by atoms with Crippen molar-refractivity contribution in [1.82, 2.24) is 10.2 Å². The van der Waals surface area contributed by atoms with E-state index in [0.717, 1.165) is 19.5 Å². The average Bonchev–Trinajstić information content (AvgIpc) is 2.48. The highest BCUT2D eigenvalue weighted by atomic mass is 16.6. The number of hydrogen-bond acceptors (Lipinski definition) is 3. The largest absolute Gasteiger partial charge is 0.444 e. The van der Waals surface area contributed by atoms with Gasteiger partial charge in [-0.1, -0.05) is 37.3 Å². The summed E-state index contributed by atoms with van der Waals surface area (Å²) in [4.78, 5) is 14.0. The van der Waals surface area contributed by atoms with Gasteiger partial charge in [-0.2, -0.15) is 0 Å². The van der Waals surface area contributed by atoms with Crippen LogP contribution in [0.1, 0.15) is 52.6 Å². The summed E-state index contributed by atoms with van der Waals surface area (Å²) in [5.41, 5.74) is 0.867. The molecule has 0 bridgehead atoms. The Labute approximate surface area is 140 Å². The van der Waals surface area contributed by atoms with E-state index < -0.39 is 5.60 Å². The maximum atomic E-state index is 12.2. The van der Waals surface area contributed by atoms with Crippen LogP contribution < -0.4 is 5.32 Å². The second-order valence-electron chi connectivity index (χ2n) is 7.60. The quantitative estimate of drug-likeness (QED) is 0.916. The molecule has 1 aromatic rings. The van der Waals surface area contributed by atoms with Gasteiger partial charge in [-0.15, -0.1) is 0 Å². The molecule has 3 atom stereocenters. The summed E-state index contributed by atoms with van der Waals surface area (Å²) in [6, 6.07) is 11.2. The van der Waals surface area contributed by atoms with Crippen molar-refractivity contribution < 1.29 is 9.53 Å². The van der Waals surface area contributed by atoms with Crippen LogP contribution in [0.4, 0.5) is 4.79 Å². The Kier molecular flexibility index (Phi) is 5.69. The Bertz CT molecular complexity index is 510. The highest BCUT2D eigenvalue weighted by molar-refractivity contribution is 5.68. The predicted molar refractivity (Wildman–Crippen MR) is 93.4 cm³/mol. The molecular formula is C19H30N2O2. The lowest BCUT2D eigenvalue weighted by atomic mass is 9.92. The van der Waals surface area contributed by atoms with Crippen LogP contribution in [0.2, 0.25) is 0 Å². The van der Waals surface area contributed by atoms with Crippen LogP contribution in [0.25, 0.3) is 0 Å². The lowest BCUT2D eigenvalue weighted by Crippen LogP contribution is -2.51. The molecule has 1 aliphatic rings. The number of carbonyl (C=O) groups is 1. The molecule has 1 amide bonds. The first kappa shape index (κ1) is 17.8. The fraction of sp³-hybridized carbons (Fsp3) is 0.632. The Hall–Kier alpha value is -1.55. The van der Waals surface area contributed by atoms with Gasteiger partial charge < -0.3 is 15.0 Å². The van der Waals surface area contributed by atoms with Crippen LogP contribution in [-0.4, -0.2) is 35.7 Å². The number of nitrogens with one attached hydrogen (secondary N) is 1. The molecule has 0 radical (unpaired) electrons. The van der Waals surface area contributed by atoms with Gasteiger partial charge in [-0.25, -0.2) is 4.79 Å². The predicted octanol–water partition coefficient (Wildman–Crippen LogP) is 3.98. The van der Waals surface area contributed by atoms with Gasteiger partial charge in [0.25, 0.3) is 0 Å². The zero-order valence-electron chi connectivity index (χ0n) is 15.0. The highest BCUT2D eigenvalue weighted by Gasteiger charge is 2.31. The first-order valence-electron chi connectivity index (χ1n) is 8.55. The number of benzene rings is 1. The van der Waals surface area contributed by atoms with Gasteiger partial charge in [0.05, 0.1) is 0 Å². The molecule has 4 nitrogen and oxygen atoms in total. The summed E-state index contributed by atoms with van der Waals surface area (Å²) in [6.45, 7) is 11.6. The van der Waals surface area contributed by atoms with Gasteiger partial charge in [-0.05, 0) is 45.6 Å². The smallest absolute Gasteiger partial charge is 0.410 e. The number of rotatable bonds is 3. The summed E-state index contributed by atoms with van der Waals surface area (Å²) in [5, 5.41) is 3.71. The zero-order valence-corrected chi connectivity index (χ0v) is 15.0. The monoisotopic (exact) mass is 318 g/mol. The van der Waals surface area contributed by atoms with Gasteiger partial charge in [0.1, 0.15) is 5.60 Å². The van der Waals surface area contributed by atoms with Crippen molar-refractivity contribution in [2.24, 2.45) is 5.92 Å². The number of piperidine rings is 1. The van der Waals surface area contributed by atoms with E-state index in [0.29, 0.717) is 18.0 Å². The molecular weight excluding hydrogens is 288 g/mol. The van der Waals surface area contributed by atoms with E-state index in [1.165, 1.54) is 5.56 Å². The first-order chi connectivity index (χ1) is 10.8. The van der Waals surface area contributed by atoms with Crippen LogP contribution in [-0.2, 0) is 4.74 Å². The van der Waals surface area contributed by atoms with Crippen LogP contribution in [0, 0.1) is 5.92 Å².